The number of thiol groups is 1. The highest BCUT2D eigenvalue weighted by Crippen LogP contribution is 2.48. The highest BCUT2D eigenvalue weighted by atomic mass is 32.2. The Kier molecular flexibility index (Phi) is 8.62. The van der Waals surface area contributed by atoms with E-state index in [9.17, 15) is 9.59 Å². The van der Waals surface area contributed by atoms with Crippen LogP contribution in [-0.2, 0) is 14.3 Å². The van der Waals surface area contributed by atoms with E-state index in [0.29, 0.717) is 13.1 Å². The zero-order valence-electron chi connectivity index (χ0n) is 17.2. The fourth-order valence-corrected chi connectivity index (χ4v) is 4.92. The minimum absolute atomic E-state index is 0.0720. The van der Waals surface area contributed by atoms with Crippen molar-refractivity contribution in [2.24, 2.45) is 0 Å². The van der Waals surface area contributed by atoms with Crippen molar-refractivity contribution >= 4 is 36.2 Å². The normalized spacial score (nSPS) is 11.0. The summed E-state index contributed by atoms with van der Waals surface area (Å²) in [6.45, 7) is 0.769. The quantitative estimate of drug-likeness (QED) is 0.250. The van der Waals surface area contributed by atoms with Gasteiger partial charge in [-0.05, 0) is 16.7 Å². The lowest BCUT2D eigenvalue weighted by Crippen LogP contribution is -2.37. The summed E-state index contributed by atoms with van der Waals surface area (Å²) in [5.74, 6) is 0.192. The Hall–Kier alpha value is -2.70. The SMILES string of the molecule is O=C(CS)NCCNC(=O)CSC(c1ccccc1)(c1ccccc1)c1ccccc1. The van der Waals surface area contributed by atoms with E-state index in [1.54, 1.807) is 11.8 Å². The third kappa shape index (κ3) is 5.93. The second-order valence-corrected chi connectivity index (χ2v) is 8.43. The van der Waals surface area contributed by atoms with E-state index < -0.39 is 4.75 Å². The Balaban J connectivity index is 1.86. The smallest absolute Gasteiger partial charge is 0.230 e. The summed E-state index contributed by atoms with van der Waals surface area (Å²) in [5.41, 5.74) is 3.35. The molecule has 0 saturated carbocycles. The molecule has 31 heavy (non-hydrogen) atoms. The Morgan fingerprint density at radius 1 is 0.677 bits per heavy atom. The topological polar surface area (TPSA) is 58.2 Å². The van der Waals surface area contributed by atoms with Crippen LogP contribution in [0, 0.1) is 0 Å². The number of thioether (sulfide) groups is 1. The van der Waals surface area contributed by atoms with Gasteiger partial charge in [-0.25, -0.2) is 0 Å². The van der Waals surface area contributed by atoms with Gasteiger partial charge < -0.3 is 10.6 Å². The average Bonchev–Trinajstić information content (AvgIpc) is 2.84. The molecule has 4 nitrogen and oxygen atoms in total. The van der Waals surface area contributed by atoms with Crippen molar-refractivity contribution in [3.8, 4) is 0 Å². The van der Waals surface area contributed by atoms with Gasteiger partial charge in [0.25, 0.3) is 0 Å². The Bertz CT molecular complexity index is 870. The fraction of sp³-hybridized carbons (Fsp3) is 0.200. The van der Waals surface area contributed by atoms with Crippen LogP contribution in [0.25, 0.3) is 0 Å². The maximum atomic E-state index is 12.6. The summed E-state index contributed by atoms with van der Waals surface area (Å²) < 4.78 is -0.526. The van der Waals surface area contributed by atoms with Gasteiger partial charge in [-0.1, -0.05) is 91.0 Å². The van der Waals surface area contributed by atoms with Crippen molar-refractivity contribution in [2.45, 2.75) is 4.75 Å². The van der Waals surface area contributed by atoms with Crippen molar-refractivity contribution in [2.75, 3.05) is 24.6 Å². The van der Waals surface area contributed by atoms with Gasteiger partial charge in [0.1, 0.15) is 0 Å². The van der Waals surface area contributed by atoms with Crippen LogP contribution in [0.5, 0.6) is 0 Å². The number of rotatable bonds is 10. The molecule has 0 spiro atoms. The van der Waals surface area contributed by atoms with Gasteiger partial charge in [0.15, 0.2) is 0 Å². The minimum atomic E-state index is -0.526. The fourth-order valence-electron chi connectivity index (χ4n) is 3.45. The van der Waals surface area contributed by atoms with Crippen molar-refractivity contribution in [1.82, 2.24) is 10.6 Å². The Morgan fingerprint density at radius 2 is 1.06 bits per heavy atom. The molecule has 0 radical (unpaired) electrons. The van der Waals surface area contributed by atoms with E-state index in [-0.39, 0.29) is 23.3 Å². The largest absolute Gasteiger partial charge is 0.354 e. The summed E-state index contributed by atoms with van der Waals surface area (Å²) >= 11 is 5.52. The molecule has 0 aliphatic heterocycles. The zero-order valence-corrected chi connectivity index (χ0v) is 18.9. The number of carbonyl (C=O) groups excluding carboxylic acids is 2. The van der Waals surface area contributed by atoms with Gasteiger partial charge in [0, 0.05) is 13.1 Å². The second kappa shape index (κ2) is 11.6. The molecular weight excluding hydrogens is 424 g/mol. The molecule has 0 aromatic heterocycles. The first-order valence-corrected chi connectivity index (χ1v) is 11.7. The van der Waals surface area contributed by atoms with Gasteiger partial charge in [-0.15, -0.1) is 11.8 Å². The van der Waals surface area contributed by atoms with E-state index in [4.69, 9.17) is 0 Å². The predicted octanol–water partition coefficient (Wildman–Crippen LogP) is 3.87. The maximum Gasteiger partial charge on any atom is 0.230 e. The van der Waals surface area contributed by atoms with E-state index in [1.807, 2.05) is 54.6 Å². The van der Waals surface area contributed by atoms with Crippen LogP contribution in [0.2, 0.25) is 0 Å². The maximum absolute atomic E-state index is 12.6. The number of carbonyl (C=O) groups is 2. The third-order valence-corrected chi connectivity index (χ3v) is 6.71. The van der Waals surface area contributed by atoms with Gasteiger partial charge in [-0.2, -0.15) is 12.6 Å². The van der Waals surface area contributed by atoms with Crippen molar-refractivity contribution in [3.63, 3.8) is 0 Å². The van der Waals surface area contributed by atoms with Crippen LogP contribution in [0.4, 0.5) is 0 Å². The number of hydrogen-bond donors (Lipinski definition) is 3. The molecule has 0 fully saturated rings. The average molecular weight is 451 g/mol. The highest BCUT2D eigenvalue weighted by Gasteiger charge is 2.37. The van der Waals surface area contributed by atoms with E-state index in [0.717, 1.165) is 16.7 Å². The highest BCUT2D eigenvalue weighted by molar-refractivity contribution is 8.01. The van der Waals surface area contributed by atoms with Gasteiger partial charge in [-0.3, -0.25) is 9.59 Å². The molecule has 0 aliphatic rings. The monoisotopic (exact) mass is 450 g/mol. The molecule has 6 heteroatoms. The van der Waals surface area contributed by atoms with Crippen molar-refractivity contribution in [1.29, 1.82) is 0 Å². The predicted molar refractivity (Wildman–Crippen MR) is 132 cm³/mol. The molecule has 0 aliphatic carbocycles. The van der Waals surface area contributed by atoms with E-state index in [1.165, 1.54) is 0 Å². The summed E-state index contributed by atoms with van der Waals surface area (Å²) in [6, 6.07) is 30.8. The molecular formula is C25H26N2O2S2. The summed E-state index contributed by atoms with van der Waals surface area (Å²) in [5, 5.41) is 5.59. The summed E-state index contributed by atoms with van der Waals surface area (Å²) in [6.07, 6.45) is 0. The number of amides is 2. The molecule has 0 heterocycles. The number of hydrogen-bond acceptors (Lipinski definition) is 4. The van der Waals surface area contributed by atoms with Crippen LogP contribution in [0.15, 0.2) is 91.0 Å². The first-order valence-electron chi connectivity index (χ1n) is 10.1. The van der Waals surface area contributed by atoms with E-state index in [2.05, 4.69) is 59.7 Å². The molecule has 3 aromatic carbocycles. The van der Waals surface area contributed by atoms with Crippen molar-refractivity contribution < 1.29 is 9.59 Å². The molecule has 3 rings (SSSR count). The lowest BCUT2D eigenvalue weighted by atomic mass is 9.84. The number of benzene rings is 3. The molecule has 3 aromatic rings. The minimum Gasteiger partial charge on any atom is -0.354 e. The standard InChI is InChI=1S/C25H26N2O2S2/c28-23(18-30)26-16-17-27-24(29)19-31-25(20-10-4-1-5-11-20,21-12-6-2-7-13-21)22-14-8-3-9-15-22/h1-15,30H,16-19H2,(H,26,28)(H,27,29). The first-order chi connectivity index (χ1) is 15.2. The summed E-state index contributed by atoms with van der Waals surface area (Å²) in [7, 11) is 0. The molecule has 2 N–H and O–H groups in total. The van der Waals surface area contributed by atoms with Crippen LogP contribution in [0.1, 0.15) is 16.7 Å². The molecule has 0 atom stereocenters. The first kappa shape index (κ1) is 23.0. The van der Waals surface area contributed by atoms with E-state index >= 15 is 0 Å². The van der Waals surface area contributed by atoms with Gasteiger partial charge >= 0.3 is 0 Å². The molecule has 0 saturated heterocycles. The van der Waals surface area contributed by atoms with Gasteiger partial charge in [0.2, 0.25) is 11.8 Å². The summed E-state index contributed by atoms with van der Waals surface area (Å²) in [4.78, 5) is 23.9. The van der Waals surface area contributed by atoms with Crippen LogP contribution >= 0.6 is 24.4 Å². The molecule has 0 unspecified atom stereocenters. The molecule has 0 bridgehead atoms. The number of nitrogens with one attached hydrogen (secondary N) is 2. The second-order valence-electron chi connectivity index (χ2n) is 6.93. The lowest BCUT2D eigenvalue weighted by molar-refractivity contribution is -0.120. The zero-order chi connectivity index (χ0) is 21.9. The lowest BCUT2D eigenvalue weighted by Gasteiger charge is -2.35. The molecule has 2 amide bonds. The van der Waals surface area contributed by atoms with Crippen LogP contribution in [-0.4, -0.2) is 36.4 Å². The Morgan fingerprint density at radius 3 is 1.45 bits per heavy atom. The Labute approximate surface area is 193 Å². The molecule has 160 valence electrons. The van der Waals surface area contributed by atoms with Gasteiger partial charge in [0.05, 0.1) is 16.3 Å². The van der Waals surface area contributed by atoms with Crippen LogP contribution in [0.3, 0.4) is 0 Å². The van der Waals surface area contributed by atoms with Crippen LogP contribution < -0.4 is 10.6 Å². The third-order valence-electron chi connectivity index (χ3n) is 4.87. The van der Waals surface area contributed by atoms with Crippen molar-refractivity contribution in [3.05, 3.63) is 108 Å².